The van der Waals surface area contributed by atoms with Gasteiger partial charge in [-0.25, -0.2) is 0 Å². The third-order valence-electron chi connectivity index (χ3n) is 8.59. The lowest BCUT2D eigenvalue weighted by Crippen LogP contribution is -2.43. The highest BCUT2D eigenvalue weighted by atomic mass is 16.4. The molecule has 0 saturated carbocycles. The van der Waals surface area contributed by atoms with E-state index in [1.807, 2.05) is 86.8 Å². The van der Waals surface area contributed by atoms with Gasteiger partial charge in [-0.1, -0.05) is 91.0 Å². The second-order valence-corrected chi connectivity index (χ2v) is 11.9. The molecule has 5 rings (SSSR count). The SMILES string of the molecule is Cc1ccc(C(CC=Cc2ccc3ccccc3c2)C(C)N(Cc2ccc3ccccc3c2)C(=O)CC(CC(=O)O)C(=O)O)cn1. The van der Waals surface area contributed by atoms with Crippen molar-refractivity contribution in [3.63, 3.8) is 0 Å². The summed E-state index contributed by atoms with van der Waals surface area (Å²) in [7, 11) is 0. The number of rotatable bonds is 13. The van der Waals surface area contributed by atoms with Crippen LogP contribution in [0.25, 0.3) is 27.6 Å². The third kappa shape index (κ3) is 8.04. The molecule has 0 aliphatic heterocycles. The van der Waals surface area contributed by atoms with Crippen molar-refractivity contribution in [2.75, 3.05) is 0 Å². The van der Waals surface area contributed by atoms with Crippen molar-refractivity contribution in [1.82, 2.24) is 9.88 Å². The zero-order valence-corrected chi connectivity index (χ0v) is 26.0. The Hall–Kier alpha value is -5.30. The molecule has 0 radical (unpaired) electrons. The van der Waals surface area contributed by atoms with Crippen LogP contribution in [0.1, 0.15) is 54.5 Å². The number of carbonyl (C=O) groups excluding carboxylic acids is 1. The molecule has 46 heavy (non-hydrogen) atoms. The molecule has 0 aliphatic rings. The summed E-state index contributed by atoms with van der Waals surface area (Å²) in [5.74, 6) is -4.46. The van der Waals surface area contributed by atoms with Gasteiger partial charge < -0.3 is 15.1 Å². The molecule has 1 amide bonds. The minimum atomic E-state index is -1.33. The van der Waals surface area contributed by atoms with Crippen molar-refractivity contribution in [2.45, 2.75) is 51.6 Å². The fourth-order valence-corrected chi connectivity index (χ4v) is 5.97. The molecule has 1 aromatic heterocycles. The number of fused-ring (bicyclic) bond motifs is 2. The van der Waals surface area contributed by atoms with Crippen molar-refractivity contribution in [3.05, 3.63) is 132 Å². The second-order valence-electron chi connectivity index (χ2n) is 11.9. The quantitative estimate of drug-likeness (QED) is 0.140. The van der Waals surface area contributed by atoms with Crippen molar-refractivity contribution in [3.8, 4) is 0 Å². The Morgan fingerprint density at radius 3 is 2.09 bits per heavy atom. The van der Waals surface area contributed by atoms with E-state index in [1.54, 1.807) is 4.90 Å². The van der Waals surface area contributed by atoms with E-state index >= 15 is 0 Å². The predicted octanol–water partition coefficient (Wildman–Crippen LogP) is 7.87. The fraction of sp³-hybridized carbons (Fsp3) is 0.231. The van der Waals surface area contributed by atoms with Crippen molar-refractivity contribution >= 4 is 45.5 Å². The number of hydrogen-bond acceptors (Lipinski definition) is 4. The lowest BCUT2D eigenvalue weighted by atomic mass is 9.88. The van der Waals surface area contributed by atoms with Gasteiger partial charge in [-0.05, 0) is 76.7 Å². The Bertz CT molecular complexity index is 1880. The summed E-state index contributed by atoms with van der Waals surface area (Å²) in [5, 5.41) is 23.5. The topological polar surface area (TPSA) is 108 Å². The molecule has 3 atom stereocenters. The van der Waals surface area contributed by atoms with Crippen molar-refractivity contribution in [2.24, 2.45) is 5.92 Å². The van der Waals surface area contributed by atoms with Crippen LogP contribution < -0.4 is 0 Å². The van der Waals surface area contributed by atoms with Gasteiger partial charge in [-0.15, -0.1) is 0 Å². The highest BCUT2D eigenvalue weighted by Crippen LogP contribution is 2.31. The molecule has 7 nitrogen and oxygen atoms in total. The van der Waals surface area contributed by atoms with Gasteiger partial charge in [-0.3, -0.25) is 19.4 Å². The monoisotopic (exact) mass is 614 g/mol. The molecule has 0 saturated heterocycles. The summed E-state index contributed by atoms with van der Waals surface area (Å²) in [6, 6.07) is 32.1. The number of hydrogen-bond donors (Lipinski definition) is 2. The van der Waals surface area contributed by atoms with Gasteiger partial charge in [0.15, 0.2) is 0 Å². The number of allylic oxidation sites excluding steroid dienone is 1. The van der Waals surface area contributed by atoms with Crippen LogP contribution in [0.5, 0.6) is 0 Å². The van der Waals surface area contributed by atoms with E-state index in [1.165, 1.54) is 5.39 Å². The first-order valence-electron chi connectivity index (χ1n) is 15.5. The molecule has 1 heterocycles. The number of benzene rings is 4. The summed E-state index contributed by atoms with van der Waals surface area (Å²) in [6.45, 7) is 4.14. The second kappa shape index (κ2) is 14.7. The molecule has 4 aromatic carbocycles. The van der Waals surface area contributed by atoms with Crippen LogP contribution in [0.15, 0.2) is 109 Å². The molecule has 0 bridgehead atoms. The normalized spacial score (nSPS) is 13.4. The number of pyridine rings is 1. The van der Waals surface area contributed by atoms with Gasteiger partial charge in [0, 0.05) is 36.8 Å². The molecule has 0 fully saturated rings. The highest BCUT2D eigenvalue weighted by Gasteiger charge is 2.32. The molecular weight excluding hydrogens is 576 g/mol. The summed E-state index contributed by atoms with van der Waals surface area (Å²) in [5.41, 5.74) is 3.80. The Labute approximate surface area is 268 Å². The van der Waals surface area contributed by atoms with Gasteiger partial charge in [0.25, 0.3) is 0 Å². The Balaban J connectivity index is 1.48. The summed E-state index contributed by atoms with van der Waals surface area (Å²) >= 11 is 0. The Kier molecular flexibility index (Phi) is 10.2. The lowest BCUT2D eigenvalue weighted by Gasteiger charge is -2.35. The van der Waals surface area contributed by atoms with E-state index in [9.17, 15) is 24.6 Å². The first-order chi connectivity index (χ1) is 22.2. The van der Waals surface area contributed by atoms with E-state index in [2.05, 4.69) is 47.5 Å². The van der Waals surface area contributed by atoms with Crippen LogP contribution in [-0.2, 0) is 20.9 Å². The van der Waals surface area contributed by atoms with Crippen LogP contribution in [-0.4, -0.2) is 44.0 Å². The Morgan fingerprint density at radius 1 is 0.804 bits per heavy atom. The van der Waals surface area contributed by atoms with Gasteiger partial charge in [0.05, 0.1) is 12.3 Å². The van der Waals surface area contributed by atoms with Gasteiger partial charge in [0.2, 0.25) is 5.91 Å². The highest BCUT2D eigenvalue weighted by molar-refractivity contribution is 5.86. The number of carboxylic acids is 2. The average molecular weight is 615 g/mol. The summed E-state index contributed by atoms with van der Waals surface area (Å²) in [4.78, 5) is 43.6. The van der Waals surface area contributed by atoms with Gasteiger partial charge >= 0.3 is 11.9 Å². The van der Waals surface area contributed by atoms with Crippen LogP contribution in [0, 0.1) is 12.8 Å². The third-order valence-corrected chi connectivity index (χ3v) is 8.59. The number of aromatic nitrogens is 1. The number of carboxylic acid groups (broad SMARTS) is 2. The average Bonchev–Trinajstić information content (AvgIpc) is 3.05. The molecule has 0 spiro atoms. The first kappa shape index (κ1) is 32.1. The van der Waals surface area contributed by atoms with Crippen molar-refractivity contribution < 1.29 is 24.6 Å². The van der Waals surface area contributed by atoms with Gasteiger partial charge in [0.1, 0.15) is 0 Å². The molecule has 2 N–H and O–H groups in total. The maximum Gasteiger partial charge on any atom is 0.307 e. The largest absolute Gasteiger partial charge is 0.481 e. The zero-order chi connectivity index (χ0) is 32.6. The van der Waals surface area contributed by atoms with Crippen LogP contribution in [0.4, 0.5) is 0 Å². The standard InChI is InChI=1S/C39H38N2O5/c1-26-14-17-34(24-40-26)36(13-7-8-28-15-18-30-9-3-5-11-32(30)20-28)27(2)41(37(42)22-35(39(45)46)23-38(43)44)25-29-16-19-31-10-4-6-12-33(31)21-29/h3-12,14-21,24,27,35-36H,13,22-23,25H2,1-2H3,(H,43,44)(H,45,46). The number of aryl methyl sites for hydroxylation is 1. The van der Waals surface area contributed by atoms with Crippen LogP contribution in [0.2, 0.25) is 0 Å². The van der Waals surface area contributed by atoms with Crippen LogP contribution in [0.3, 0.4) is 0 Å². The zero-order valence-electron chi connectivity index (χ0n) is 26.0. The van der Waals surface area contributed by atoms with Gasteiger partial charge in [-0.2, -0.15) is 0 Å². The molecule has 5 aromatic rings. The Morgan fingerprint density at radius 2 is 1.46 bits per heavy atom. The molecule has 7 heteroatoms. The smallest absolute Gasteiger partial charge is 0.307 e. The minimum absolute atomic E-state index is 0.169. The van der Waals surface area contributed by atoms with E-state index in [-0.39, 0.29) is 18.5 Å². The van der Waals surface area contributed by atoms with E-state index in [0.29, 0.717) is 6.42 Å². The van der Waals surface area contributed by atoms with Crippen molar-refractivity contribution in [1.29, 1.82) is 0 Å². The number of aliphatic carboxylic acids is 2. The van der Waals surface area contributed by atoms with E-state index in [4.69, 9.17) is 0 Å². The summed E-state index contributed by atoms with van der Waals surface area (Å²) in [6.07, 6.45) is 5.58. The summed E-state index contributed by atoms with van der Waals surface area (Å²) < 4.78 is 0. The fourth-order valence-electron chi connectivity index (χ4n) is 5.97. The number of nitrogens with zero attached hydrogens (tertiary/aromatic N) is 2. The number of carbonyl (C=O) groups is 3. The van der Waals surface area contributed by atoms with Crippen LogP contribution >= 0.6 is 0 Å². The first-order valence-corrected chi connectivity index (χ1v) is 15.5. The molecular formula is C39H38N2O5. The maximum absolute atomic E-state index is 14.0. The lowest BCUT2D eigenvalue weighted by molar-refractivity contribution is -0.151. The molecule has 3 unspecified atom stereocenters. The molecule has 0 aliphatic carbocycles. The molecule has 234 valence electrons. The maximum atomic E-state index is 14.0. The van der Waals surface area contributed by atoms with E-state index < -0.39 is 36.6 Å². The predicted molar refractivity (Wildman–Crippen MR) is 181 cm³/mol. The minimum Gasteiger partial charge on any atom is -0.481 e. The van der Waals surface area contributed by atoms with E-state index in [0.717, 1.165) is 38.5 Å². The number of amides is 1.